The van der Waals surface area contributed by atoms with Crippen LogP contribution in [0, 0.1) is 23.7 Å². The first-order chi connectivity index (χ1) is 17.5. The maximum absolute atomic E-state index is 13.3. The van der Waals surface area contributed by atoms with Gasteiger partial charge in [0.1, 0.15) is 24.1 Å². The molecule has 3 heterocycles. The van der Waals surface area contributed by atoms with Crippen molar-refractivity contribution in [2.75, 3.05) is 0 Å². The summed E-state index contributed by atoms with van der Waals surface area (Å²) in [5.74, 6) is -0.113. The number of carbonyl (C=O) groups is 1. The highest BCUT2D eigenvalue weighted by atomic mass is 32.2. The van der Waals surface area contributed by atoms with Gasteiger partial charge in [0.2, 0.25) is 0 Å². The Kier molecular flexibility index (Phi) is 6.61. The molecule has 2 aliphatic heterocycles. The predicted molar refractivity (Wildman–Crippen MR) is 138 cm³/mol. The van der Waals surface area contributed by atoms with E-state index in [-0.39, 0.29) is 17.8 Å². The fourth-order valence-electron chi connectivity index (χ4n) is 6.91. The van der Waals surface area contributed by atoms with Crippen molar-refractivity contribution in [2.24, 2.45) is 23.7 Å². The Morgan fingerprint density at radius 2 is 1.97 bits per heavy atom. The minimum atomic E-state index is -4.10. The first-order valence-corrected chi connectivity index (χ1v) is 14.4. The van der Waals surface area contributed by atoms with Gasteiger partial charge in [-0.05, 0) is 55.6 Å². The highest BCUT2D eigenvalue weighted by Gasteiger charge is 2.72. The van der Waals surface area contributed by atoms with Gasteiger partial charge in [-0.3, -0.25) is 0 Å². The summed E-state index contributed by atoms with van der Waals surface area (Å²) in [6.07, 6.45) is 6.40. The summed E-state index contributed by atoms with van der Waals surface area (Å²) in [6.45, 7) is 10.1. The molecule has 7 atom stereocenters. The zero-order valence-electron chi connectivity index (χ0n) is 22.0. The maximum Gasteiger partial charge on any atom is 0.367 e. The summed E-state index contributed by atoms with van der Waals surface area (Å²) in [5, 5.41) is 0. The highest BCUT2D eigenvalue weighted by Crippen LogP contribution is 2.63. The van der Waals surface area contributed by atoms with Gasteiger partial charge in [0.05, 0.1) is 5.60 Å². The number of rotatable bonds is 7. The standard InChI is InChI=1S/C28H36N2O6S/c1-18(2)28-16-23(35-37(32,33)30-14-13-29-17-30)27(5,36-28)22-12-11-19(3)25(22)26(28)34-24(31)15-20(4)21-9-7-6-8-10-21/h6-10,13-15,17-19,22-23,25-26H,11-12,16H2,1-5H3/b20-15+. The van der Waals surface area contributed by atoms with Crippen LogP contribution in [0.2, 0.25) is 0 Å². The lowest BCUT2D eigenvalue weighted by Gasteiger charge is -2.53. The summed E-state index contributed by atoms with van der Waals surface area (Å²) in [6, 6.07) is 9.72. The molecule has 5 rings (SSSR count). The number of carbonyl (C=O) groups excluding carboxylic acids is 1. The van der Waals surface area contributed by atoms with E-state index in [0.717, 1.165) is 28.0 Å². The van der Waals surface area contributed by atoms with Crippen LogP contribution >= 0.6 is 0 Å². The van der Waals surface area contributed by atoms with Crippen LogP contribution in [0.3, 0.4) is 0 Å². The summed E-state index contributed by atoms with van der Waals surface area (Å²) >= 11 is 0. The fourth-order valence-corrected chi connectivity index (χ4v) is 7.94. The second-order valence-corrected chi connectivity index (χ2v) is 12.8. The van der Waals surface area contributed by atoms with Gasteiger partial charge in [0, 0.05) is 30.8 Å². The second kappa shape index (κ2) is 9.36. The van der Waals surface area contributed by atoms with E-state index in [1.54, 1.807) is 0 Å². The molecule has 37 heavy (non-hydrogen) atoms. The van der Waals surface area contributed by atoms with Crippen LogP contribution in [0.1, 0.15) is 59.4 Å². The molecular weight excluding hydrogens is 492 g/mol. The Morgan fingerprint density at radius 3 is 2.62 bits per heavy atom. The third-order valence-electron chi connectivity index (χ3n) is 8.94. The molecule has 0 amide bonds. The lowest BCUT2D eigenvalue weighted by molar-refractivity contribution is -0.262. The van der Waals surface area contributed by atoms with Crippen LogP contribution in [-0.4, -0.2) is 46.8 Å². The van der Waals surface area contributed by atoms with E-state index < -0.39 is 39.7 Å². The number of ether oxygens (including phenoxy) is 2. The average molecular weight is 529 g/mol. The minimum Gasteiger partial charge on any atom is -0.456 e. The van der Waals surface area contributed by atoms with E-state index in [1.165, 1.54) is 24.8 Å². The van der Waals surface area contributed by atoms with Gasteiger partial charge >= 0.3 is 16.3 Å². The van der Waals surface area contributed by atoms with Crippen LogP contribution in [0.25, 0.3) is 5.57 Å². The number of hydrogen-bond acceptors (Lipinski definition) is 7. The van der Waals surface area contributed by atoms with Crippen LogP contribution in [-0.2, 0) is 28.8 Å². The Bertz CT molecular complexity index is 1280. The summed E-state index contributed by atoms with van der Waals surface area (Å²) in [7, 11) is -4.10. The van der Waals surface area contributed by atoms with Gasteiger partial charge in [-0.2, -0.15) is 8.42 Å². The number of esters is 1. The Labute approximate surface area is 219 Å². The molecule has 2 saturated heterocycles. The van der Waals surface area contributed by atoms with Gasteiger partial charge in [0.15, 0.2) is 0 Å². The lowest BCUT2D eigenvalue weighted by Crippen LogP contribution is -2.62. The number of fused-ring (bicyclic) bond motifs is 4. The van der Waals surface area contributed by atoms with E-state index in [4.69, 9.17) is 13.7 Å². The number of allylic oxidation sites excluding steroid dienone is 1. The van der Waals surface area contributed by atoms with Gasteiger partial charge in [-0.15, -0.1) is 0 Å². The molecule has 0 spiro atoms. The molecule has 1 aromatic heterocycles. The van der Waals surface area contributed by atoms with Crippen LogP contribution in [0.4, 0.5) is 0 Å². The van der Waals surface area contributed by atoms with Crippen LogP contribution in [0.5, 0.6) is 0 Å². The number of aromatic nitrogens is 2. The monoisotopic (exact) mass is 528 g/mol. The van der Waals surface area contributed by atoms with Gasteiger partial charge in [-0.1, -0.05) is 51.1 Å². The zero-order chi connectivity index (χ0) is 26.6. The molecule has 0 radical (unpaired) electrons. The lowest BCUT2D eigenvalue weighted by atomic mass is 9.69. The van der Waals surface area contributed by atoms with E-state index >= 15 is 0 Å². The zero-order valence-corrected chi connectivity index (χ0v) is 22.9. The first kappa shape index (κ1) is 26.1. The normalized spacial score (nSPS) is 35.5. The Balaban J connectivity index is 1.49. The topological polar surface area (TPSA) is 96.7 Å². The quantitative estimate of drug-likeness (QED) is 0.382. The largest absolute Gasteiger partial charge is 0.456 e. The third kappa shape index (κ3) is 4.34. The molecule has 2 bridgehead atoms. The molecule has 2 aromatic rings. The van der Waals surface area contributed by atoms with E-state index in [0.29, 0.717) is 12.3 Å². The molecular formula is C28H36N2O6S. The molecule has 7 unspecified atom stereocenters. The third-order valence-corrected chi connectivity index (χ3v) is 10.1. The van der Waals surface area contributed by atoms with Crippen molar-refractivity contribution in [2.45, 2.75) is 77.3 Å². The summed E-state index contributed by atoms with van der Waals surface area (Å²) < 4.78 is 46.2. The van der Waals surface area contributed by atoms with Crippen molar-refractivity contribution in [3.05, 3.63) is 60.7 Å². The molecule has 1 aliphatic carbocycles. The van der Waals surface area contributed by atoms with Crippen molar-refractivity contribution < 1.29 is 26.9 Å². The SMILES string of the molecule is C/C(=C\C(=O)OC1C2C(C)CCC2C2(C)OC1(C(C)C)CC2OS(=O)(=O)n1ccnc1)c1ccccc1. The molecule has 3 fully saturated rings. The van der Waals surface area contributed by atoms with E-state index in [2.05, 4.69) is 11.9 Å². The smallest absolute Gasteiger partial charge is 0.367 e. The molecule has 200 valence electrons. The van der Waals surface area contributed by atoms with Crippen LogP contribution < -0.4 is 0 Å². The van der Waals surface area contributed by atoms with Crippen LogP contribution in [0.15, 0.2) is 55.1 Å². The number of nitrogens with zero attached hydrogens (tertiary/aromatic N) is 2. The fraction of sp³-hybridized carbons (Fsp3) is 0.571. The molecule has 1 aromatic carbocycles. The van der Waals surface area contributed by atoms with E-state index in [1.807, 2.05) is 58.0 Å². The van der Waals surface area contributed by atoms with Gasteiger partial charge in [0.25, 0.3) is 0 Å². The minimum absolute atomic E-state index is 0.00291. The predicted octanol–water partition coefficient (Wildman–Crippen LogP) is 4.63. The highest BCUT2D eigenvalue weighted by molar-refractivity contribution is 7.85. The summed E-state index contributed by atoms with van der Waals surface area (Å²) in [5.41, 5.74) is 0.0808. The Morgan fingerprint density at radius 1 is 1.24 bits per heavy atom. The number of benzene rings is 1. The average Bonchev–Trinajstić information content (AvgIpc) is 3.57. The molecule has 8 nitrogen and oxygen atoms in total. The number of hydrogen-bond donors (Lipinski definition) is 0. The maximum atomic E-state index is 13.3. The molecule has 3 aliphatic rings. The van der Waals surface area contributed by atoms with Crippen molar-refractivity contribution in [3.8, 4) is 0 Å². The molecule has 9 heteroatoms. The second-order valence-electron chi connectivity index (χ2n) is 11.3. The molecule has 1 saturated carbocycles. The van der Waals surface area contributed by atoms with Crippen molar-refractivity contribution in [1.82, 2.24) is 8.96 Å². The van der Waals surface area contributed by atoms with Crippen molar-refractivity contribution in [3.63, 3.8) is 0 Å². The molecule has 0 N–H and O–H groups in total. The number of imidazole rings is 1. The van der Waals surface area contributed by atoms with Crippen molar-refractivity contribution >= 4 is 21.8 Å². The van der Waals surface area contributed by atoms with Gasteiger partial charge < -0.3 is 9.47 Å². The summed E-state index contributed by atoms with van der Waals surface area (Å²) in [4.78, 5) is 17.1. The van der Waals surface area contributed by atoms with Crippen molar-refractivity contribution in [1.29, 1.82) is 0 Å². The van der Waals surface area contributed by atoms with Gasteiger partial charge in [-0.25, -0.2) is 17.9 Å². The Hall–Kier alpha value is -2.49. The first-order valence-electron chi connectivity index (χ1n) is 13.0. The van der Waals surface area contributed by atoms with E-state index in [9.17, 15) is 13.2 Å².